The molecule has 0 spiro atoms. The van der Waals surface area contributed by atoms with E-state index in [9.17, 15) is 9.59 Å². The molecule has 2 amide bonds. The van der Waals surface area contributed by atoms with Crippen LogP contribution in [-0.2, 0) is 21.5 Å². The summed E-state index contributed by atoms with van der Waals surface area (Å²) in [5, 5.41) is 10.1. The van der Waals surface area contributed by atoms with E-state index >= 15 is 0 Å². The Morgan fingerprint density at radius 2 is 1.88 bits per heavy atom. The van der Waals surface area contributed by atoms with Crippen LogP contribution in [0.3, 0.4) is 0 Å². The van der Waals surface area contributed by atoms with E-state index in [-0.39, 0.29) is 18.4 Å². The number of rotatable bonds is 6. The Morgan fingerprint density at radius 1 is 1.19 bits per heavy atom. The van der Waals surface area contributed by atoms with Gasteiger partial charge in [0.05, 0.1) is 17.3 Å². The molecule has 6 nitrogen and oxygen atoms in total. The molecule has 2 N–H and O–H groups in total. The van der Waals surface area contributed by atoms with Crippen LogP contribution in [0.15, 0.2) is 42.7 Å². The maximum absolute atomic E-state index is 12.7. The maximum Gasteiger partial charge on any atom is 0.241 e. The summed E-state index contributed by atoms with van der Waals surface area (Å²) in [5.41, 5.74) is 0.872. The first kappa shape index (κ1) is 18.2. The van der Waals surface area contributed by atoms with E-state index < -0.39 is 5.41 Å². The molecule has 1 saturated carbocycles. The predicted molar refractivity (Wildman–Crippen MR) is 101 cm³/mol. The molecule has 1 aliphatic carbocycles. The molecular formula is C20H26N4O2. The van der Waals surface area contributed by atoms with Crippen LogP contribution in [0.5, 0.6) is 0 Å². The average Bonchev–Trinajstić information content (AvgIpc) is 3.27. The highest BCUT2D eigenvalue weighted by molar-refractivity contribution is 5.98. The largest absolute Gasteiger partial charge is 0.352 e. The van der Waals surface area contributed by atoms with Crippen molar-refractivity contribution in [3.05, 3.63) is 48.3 Å². The van der Waals surface area contributed by atoms with E-state index in [1.54, 1.807) is 17.1 Å². The Morgan fingerprint density at radius 3 is 2.58 bits per heavy atom. The number of hydrogen-bond donors (Lipinski definition) is 2. The zero-order valence-corrected chi connectivity index (χ0v) is 15.4. The van der Waals surface area contributed by atoms with E-state index in [2.05, 4.69) is 15.7 Å². The molecule has 1 aromatic heterocycles. The van der Waals surface area contributed by atoms with E-state index in [0.717, 1.165) is 18.4 Å². The van der Waals surface area contributed by atoms with Gasteiger partial charge in [-0.2, -0.15) is 5.10 Å². The second-order valence-electron chi connectivity index (χ2n) is 7.42. The van der Waals surface area contributed by atoms with Gasteiger partial charge in [-0.05, 0) is 32.3 Å². The number of amides is 2. The molecule has 1 fully saturated rings. The molecule has 3 rings (SSSR count). The predicted octanol–water partition coefficient (Wildman–Crippen LogP) is 2.86. The summed E-state index contributed by atoms with van der Waals surface area (Å²) in [6.07, 6.45) is 7.73. The minimum atomic E-state index is -0.663. The van der Waals surface area contributed by atoms with E-state index in [4.69, 9.17) is 0 Å². The Balaban J connectivity index is 1.57. The van der Waals surface area contributed by atoms with Crippen LogP contribution >= 0.6 is 0 Å². The lowest BCUT2D eigenvalue weighted by Crippen LogP contribution is -2.35. The van der Waals surface area contributed by atoms with E-state index in [0.29, 0.717) is 11.7 Å². The van der Waals surface area contributed by atoms with Crippen molar-refractivity contribution in [2.24, 2.45) is 0 Å². The molecule has 0 unspecified atom stereocenters. The number of carbonyl (C=O) groups is 2. The molecule has 0 radical (unpaired) electrons. The minimum Gasteiger partial charge on any atom is -0.352 e. The first-order valence-electron chi connectivity index (χ1n) is 9.14. The Kier molecular flexibility index (Phi) is 5.40. The standard InChI is InChI=1S/C20H26N4O2/c1-20(2,15-8-4-3-5-9-15)19(26)23-17-12-21-24(13-17)14-18(25)22-16-10-6-7-11-16/h3-5,8-9,12-13,16H,6-7,10-11,14H2,1-2H3,(H,22,25)(H,23,26). The van der Waals surface area contributed by atoms with Gasteiger partial charge < -0.3 is 10.6 Å². The minimum absolute atomic E-state index is 0.0394. The summed E-state index contributed by atoms with van der Waals surface area (Å²) < 4.78 is 1.55. The summed E-state index contributed by atoms with van der Waals surface area (Å²) in [6.45, 7) is 3.93. The number of aromatic nitrogens is 2. The fourth-order valence-corrected chi connectivity index (χ4v) is 3.28. The van der Waals surface area contributed by atoms with Crippen LogP contribution in [0.25, 0.3) is 0 Å². The molecule has 2 aromatic rings. The van der Waals surface area contributed by atoms with Crippen molar-refractivity contribution >= 4 is 17.5 Å². The molecule has 138 valence electrons. The molecule has 0 saturated heterocycles. The number of anilines is 1. The lowest BCUT2D eigenvalue weighted by molar-refractivity contribution is -0.122. The summed E-state index contributed by atoms with van der Waals surface area (Å²) in [5.74, 6) is -0.152. The van der Waals surface area contributed by atoms with E-state index in [1.807, 2.05) is 44.2 Å². The number of carbonyl (C=O) groups excluding carboxylic acids is 2. The second kappa shape index (κ2) is 7.72. The molecule has 1 aromatic carbocycles. The highest BCUT2D eigenvalue weighted by Gasteiger charge is 2.29. The summed E-state index contributed by atoms with van der Waals surface area (Å²) >= 11 is 0. The lowest BCUT2D eigenvalue weighted by Gasteiger charge is -2.23. The average molecular weight is 354 g/mol. The number of hydrogen-bond acceptors (Lipinski definition) is 3. The van der Waals surface area contributed by atoms with Gasteiger partial charge in [0.2, 0.25) is 11.8 Å². The van der Waals surface area contributed by atoms with Crippen LogP contribution in [0, 0.1) is 0 Å². The van der Waals surface area contributed by atoms with Gasteiger partial charge in [-0.3, -0.25) is 14.3 Å². The van der Waals surface area contributed by atoms with Crippen molar-refractivity contribution in [2.75, 3.05) is 5.32 Å². The van der Waals surface area contributed by atoms with Gasteiger partial charge >= 0.3 is 0 Å². The molecule has 0 atom stereocenters. The van der Waals surface area contributed by atoms with Crippen LogP contribution in [-0.4, -0.2) is 27.6 Å². The van der Waals surface area contributed by atoms with Crippen LogP contribution in [0.1, 0.15) is 45.1 Å². The lowest BCUT2D eigenvalue weighted by atomic mass is 9.84. The van der Waals surface area contributed by atoms with Crippen molar-refractivity contribution in [3.8, 4) is 0 Å². The highest BCUT2D eigenvalue weighted by atomic mass is 16.2. The molecule has 26 heavy (non-hydrogen) atoms. The van der Waals surface area contributed by atoms with Gasteiger partial charge in [-0.25, -0.2) is 0 Å². The first-order valence-corrected chi connectivity index (χ1v) is 9.14. The first-order chi connectivity index (χ1) is 12.4. The van der Waals surface area contributed by atoms with Crippen LogP contribution in [0.4, 0.5) is 5.69 Å². The zero-order valence-electron chi connectivity index (χ0n) is 15.4. The van der Waals surface area contributed by atoms with Gasteiger partial charge in [0.25, 0.3) is 0 Å². The van der Waals surface area contributed by atoms with Crippen molar-refractivity contribution in [2.45, 2.75) is 57.5 Å². The Hall–Kier alpha value is -2.63. The third-order valence-corrected chi connectivity index (χ3v) is 4.98. The molecule has 1 heterocycles. The van der Waals surface area contributed by atoms with Crippen molar-refractivity contribution < 1.29 is 9.59 Å². The Bertz CT molecular complexity index is 761. The third kappa shape index (κ3) is 4.31. The monoisotopic (exact) mass is 354 g/mol. The van der Waals surface area contributed by atoms with Crippen molar-refractivity contribution in [3.63, 3.8) is 0 Å². The summed E-state index contributed by atoms with van der Waals surface area (Å²) in [6, 6.07) is 9.95. The van der Waals surface area contributed by atoms with Gasteiger partial charge in [0.15, 0.2) is 0 Å². The van der Waals surface area contributed by atoms with Crippen LogP contribution in [0.2, 0.25) is 0 Å². The summed E-state index contributed by atoms with van der Waals surface area (Å²) in [7, 11) is 0. The second-order valence-corrected chi connectivity index (χ2v) is 7.42. The smallest absolute Gasteiger partial charge is 0.241 e. The number of nitrogens with one attached hydrogen (secondary N) is 2. The van der Waals surface area contributed by atoms with Gasteiger partial charge in [-0.1, -0.05) is 43.2 Å². The number of nitrogens with zero attached hydrogens (tertiary/aromatic N) is 2. The number of benzene rings is 1. The molecule has 1 aliphatic rings. The third-order valence-electron chi connectivity index (χ3n) is 4.98. The topological polar surface area (TPSA) is 76.0 Å². The molecular weight excluding hydrogens is 328 g/mol. The van der Waals surface area contributed by atoms with Crippen molar-refractivity contribution in [1.29, 1.82) is 0 Å². The van der Waals surface area contributed by atoms with Gasteiger partial charge in [-0.15, -0.1) is 0 Å². The highest BCUT2D eigenvalue weighted by Crippen LogP contribution is 2.24. The fraction of sp³-hybridized carbons (Fsp3) is 0.450. The summed E-state index contributed by atoms with van der Waals surface area (Å²) in [4.78, 5) is 24.8. The Labute approximate surface area is 154 Å². The molecule has 0 aliphatic heterocycles. The maximum atomic E-state index is 12.7. The van der Waals surface area contributed by atoms with Crippen LogP contribution < -0.4 is 10.6 Å². The van der Waals surface area contributed by atoms with E-state index in [1.165, 1.54) is 12.8 Å². The fourth-order valence-electron chi connectivity index (χ4n) is 3.28. The quantitative estimate of drug-likeness (QED) is 0.837. The molecule has 6 heteroatoms. The SMILES string of the molecule is CC(C)(C(=O)Nc1cnn(CC(=O)NC2CCCC2)c1)c1ccccc1. The van der Waals surface area contributed by atoms with Gasteiger partial charge in [0.1, 0.15) is 6.54 Å². The normalized spacial score (nSPS) is 15.0. The zero-order chi connectivity index (χ0) is 18.6. The van der Waals surface area contributed by atoms with Gasteiger partial charge in [0, 0.05) is 12.2 Å². The van der Waals surface area contributed by atoms with Crippen molar-refractivity contribution in [1.82, 2.24) is 15.1 Å². The molecule has 0 bridgehead atoms.